The Balaban J connectivity index is 2.18. The number of hydrogen-bond donors (Lipinski definition) is 2. The summed E-state index contributed by atoms with van der Waals surface area (Å²) in [5, 5.41) is 7.04. The Labute approximate surface area is 120 Å². The van der Waals surface area contributed by atoms with Gasteiger partial charge < -0.3 is 10.6 Å². The van der Waals surface area contributed by atoms with E-state index in [1.165, 1.54) is 19.3 Å². The number of nitrogens with zero attached hydrogens (tertiary/aromatic N) is 2. The second-order valence-electron chi connectivity index (χ2n) is 6.30. The predicted molar refractivity (Wildman–Crippen MR) is 80.6 cm³/mol. The van der Waals surface area contributed by atoms with Gasteiger partial charge in [-0.15, -0.1) is 0 Å². The fraction of sp³-hybridized carbons (Fsp3) is 0.733. The molecule has 20 heavy (non-hydrogen) atoms. The predicted octanol–water partition coefficient (Wildman–Crippen LogP) is 2.77. The van der Waals surface area contributed by atoms with Gasteiger partial charge in [0, 0.05) is 13.1 Å². The van der Waals surface area contributed by atoms with Crippen molar-refractivity contribution in [1.29, 1.82) is 0 Å². The van der Waals surface area contributed by atoms with Crippen molar-refractivity contribution >= 4 is 11.6 Å². The van der Waals surface area contributed by atoms with Crippen LogP contribution in [0.4, 0.5) is 5.69 Å². The van der Waals surface area contributed by atoms with Gasteiger partial charge in [-0.2, -0.15) is 5.10 Å². The van der Waals surface area contributed by atoms with E-state index in [4.69, 9.17) is 5.73 Å². The largest absolute Gasteiger partial charge is 0.395 e. The molecule has 2 atom stereocenters. The summed E-state index contributed by atoms with van der Waals surface area (Å²) in [6.45, 7) is 6.29. The lowest BCUT2D eigenvalue weighted by molar-refractivity contribution is 0.0624. The van der Waals surface area contributed by atoms with Crippen LogP contribution in [0.2, 0.25) is 0 Å². The highest BCUT2D eigenvalue weighted by Gasteiger charge is 2.30. The molecule has 1 fully saturated rings. The number of rotatable bonds is 3. The zero-order valence-corrected chi connectivity index (χ0v) is 12.9. The number of aromatic nitrogens is 2. The molecular formula is C15H26N4O. The molecule has 5 nitrogen and oxygen atoms in total. The van der Waals surface area contributed by atoms with Gasteiger partial charge in [-0.3, -0.25) is 9.89 Å². The lowest BCUT2D eigenvalue weighted by atomic mass is 9.85. The average Bonchev–Trinajstić information content (AvgIpc) is 2.79. The van der Waals surface area contributed by atoms with Gasteiger partial charge in [0.15, 0.2) is 5.69 Å². The van der Waals surface area contributed by atoms with Crippen molar-refractivity contribution < 1.29 is 4.79 Å². The van der Waals surface area contributed by atoms with E-state index < -0.39 is 0 Å². The SMILES string of the molecule is CC(C)c1[nH]nc(C(=O)N(C)C2CCCCC2C)c1N. The molecule has 5 heteroatoms. The van der Waals surface area contributed by atoms with Crippen LogP contribution in [-0.4, -0.2) is 34.1 Å². The third-order valence-electron chi connectivity index (χ3n) is 4.50. The summed E-state index contributed by atoms with van der Waals surface area (Å²) >= 11 is 0. The van der Waals surface area contributed by atoms with E-state index in [1.54, 1.807) is 0 Å². The normalized spacial score (nSPS) is 23.1. The van der Waals surface area contributed by atoms with Gasteiger partial charge in [-0.1, -0.05) is 33.6 Å². The van der Waals surface area contributed by atoms with Crippen molar-refractivity contribution in [3.63, 3.8) is 0 Å². The second-order valence-corrected chi connectivity index (χ2v) is 6.30. The van der Waals surface area contributed by atoms with Crippen LogP contribution in [0.5, 0.6) is 0 Å². The summed E-state index contributed by atoms with van der Waals surface area (Å²) in [6, 6.07) is 0.301. The Kier molecular flexibility index (Phi) is 4.35. The highest BCUT2D eigenvalue weighted by atomic mass is 16.2. The first-order valence-electron chi connectivity index (χ1n) is 7.54. The number of hydrogen-bond acceptors (Lipinski definition) is 3. The molecule has 1 aromatic rings. The maximum Gasteiger partial charge on any atom is 0.276 e. The molecule has 1 saturated carbocycles. The first-order valence-corrected chi connectivity index (χ1v) is 7.54. The van der Waals surface area contributed by atoms with Crippen LogP contribution in [0.15, 0.2) is 0 Å². The van der Waals surface area contributed by atoms with Crippen LogP contribution >= 0.6 is 0 Å². The van der Waals surface area contributed by atoms with E-state index >= 15 is 0 Å². The minimum atomic E-state index is -0.0654. The first kappa shape index (κ1) is 14.9. The highest BCUT2D eigenvalue weighted by molar-refractivity contribution is 5.97. The van der Waals surface area contributed by atoms with Crippen molar-refractivity contribution in [2.24, 2.45) is 5.92 Å². The second kappa shape index (κ2) is 5.85. The van der Waals surface area contributed by atoms with Gasteiger partial charge in [-0.05, 0) is 24.7 Å². The van der Waals surface area contributed by atoms with E-state index in [-0.39, 0.29) is 11.8 Å². The zero-order chi connectivity index (χ0) is 14.9. The number of H-pyrrole nitrogens is 1. The molecule has 0 aromatic carbocycles. The Bertz CT molecular complexity index is 480. The Morgan fingerprint density at radius 2 is 2.05 bits per heavy atom. The van der Waals surface area contributed by atoms with Crippen molar-refractivity contribution in [2.75, 3.05) is 12.8 Å². The molecule has 112 valence electrons. The van der Waals surface area contributed by atoms with Crippen molar-refractivity contribution in [3.8, 4) is 0 Å². The number of carbonyl (C=O) groups excluding carboxylic acids is 1. The van der Waals surface area contributed by atoms with Crippen molar-refractivity contribution in [1.82, 2.24) is 15.1 Å². The van der Waals surface area contributed by atoms with E-state index in [1.807, 2.05) is 25.8 Å². The quantitative estimate of drug-likeness (QED) is 0.892. The molecule has 0 radical (unpaired) electrons. The summed E-state index contributed by atoms with van der Waals surface area (Å²) in [5.74, 6) is 0.717. The number of amides is 1. The minimum Gasteiger partial charge on any atom is -0.395 e. The molecule has 0 saturated heterocycles. The fourth-order valence-electron chi connectivity index (χ4n) is 3.16. The summed E-state index contributed by atoms with van der Waals surface area (Å²) < 4.78 is 0. The Morgan fingerprint density at radius 1 is 1.40 bits per heavy atom. The number of carbonyl (C=O) groups is 1. The van der Waals surface area contributed by atoms with Gasteiger partial charge in [-0.25, -0.2) is 0 Å². The van der Waals surface area contributed by atoms with Crippen molar-refractivity contribution in [2.45, 2.75) is 58.4 Å². The topological polar surface area (TPSA) is 75.0 Å². The lowest BCUT2D eigenvalue weighted by Crippen LogP contribution is -2.43. The number of nitrogen functional groups attached to an aromatic ring is 1. The van der Waals surface area contributed by atoms with Gasteiger partial charge in [0.25, 0.3) is 5.91 Å². The number of aromatic amines is 1. The van der Waals surface area contributed by atoms with Crippen LogP contribution in [0.1, 0.15) is 68.6 Å². The Morgan fingerprint density at radius 3 is 2.60 bits per heavy atom. The smallest absolute Gasteiger partial charge is 0.276 e. The maximum absolute atomic E-state index is 12.6. The zero-order valence-electron chi connectivity index (χ0n) is 12.9. The highest BCUT2D eigenvalue weighted by Crippen LogP contribution is 2.29. The van der Waals surface area contributed by atoms with E-state index in [9.17, 15) is 4.79 Å². The van der Waals surface area contributed by atoms with Gasteiger partial charge >= 0.3 is 0 Å². The molecule has 2 unspecified atom stereocenters. The molecule has 2 rings (SSSR count). The fourth-order valence-corrected chi connectivity index (χ4v) is 3.16. The summed E-state index contributed by atoms with van der Waals surface area (Å²) in [4.78, 5) is 14.4. The van der Waals surface area contributed by atoms with E-state index in [0.29, 0.717) is 23.3 Å². The molecule has 1 aliphatic carbocycles. The van der Waals surface area contributed by atoms with Crippen LogP contribution in [0, 0.1) is 5.92 Å². The van der Waals surface area contributed by atoms with E-state index in [2.05, 4.69) is 17.1 Å². The number of anilines is 1. The average molecular weight is 278 g/mol. The van der Waals surface area contributed by atoms with Crippen LogP contribution < -0.4 is 5.73 Å². The third-order valence-corrected chi connectivity index (χ3v) is 4.50. The molecule has 0 aliphatic heterocycles. The Hall–Kier alpha value is -1.52. The molecular weight excluding hydrogens is 252 g/mol. The van der Waals surface area contributed by atoms with Crippen LogP contribution in [-0.2, 0) is 0 Å². The van der Waals surface area contributed by atoms with Crippen LogP contribution in [0.3, 0.4) is 0 Å². The molecule has 1 heterocycles. The van der Waals surface area contributed by atoms with E-state index in [0.717, 1.165) is 12.1 Å². The summed E-state index contributed by atoms with van der Waals surface area (Å²) in [6.07, 6.45) is 4.72. The third kappa shape index (κ3) is 2.67. The van der Waals surface area contributed by atoms with Gasteiger partial charge in [0.1, 0.15) is 0 Å². The maximum atomic E-state index is 12.6. The van der Waals surface area contributed by atoms with Gasteiger partial charge in [0.05, 0.1) is 11.4 Å². The van der Waals surface area contributed by atoms with Crippen LogP contribution in [0.25, 0.3) is 0 Å². The monoisotopic (exact) mass is 278 g/mol. The molecule has 1 amide bonds. The summed E-state index contributed by atoms with van der Waals surface area (Å²) in [7, 11) is 1.87. The molecule has 3 N–H and O–H groups in total. The molecule has 0 bridgehead atoms. The first-order chi connectivity index (χ1) is 9.43. The van der Waals surface area contributed by atoms with Crippen molar-refractivity contribution in [3.05, 3.63) is 11.4 Å². The summed E-state index contributed by atoms with van der Waals surface area (Å²) in [5.41, 5.74) is 7.78. The molecule has 0 spiro atoms. The molecule has 1 aromatic heterocycles. The number of nitrogens with two attached hydrogens (primary N) is 1. The minimum absolute atomic E-state index is 0.0654. The standard InChI is InChI=1S/C15H26N4O/c1-9(2)13-12(16)14(18-17-13)15(20)19(4)11-8-6-5-7-10(11)3/h9-11H,5-8,16H2,1-4H3,(H,17,18). The van der Waals surface area contributed by atoms with Gasteiger partial charge in [0.2, 0.25) is 0 Å². The molecule has 1 aliphatic rings. The lowest BCUT2D eigenvalue weighted by Gasteiger charge is -2.36. The number of nitrogens with one attached hydrogen (secondary N) is 1.